The van der Waals surface area contributed by atoms with Gasteiger partial charge < -0.3 is 9.15 Å². The number of hydrogen-bond acceptors (Lipinski definition) is 6. The van der Waals surface area contributed by atoms with Crippen LogP contribution in [0.25, 0.3) is 11.5 Å². The van der Waals surface area contributed by atoms with Crippen LogP contribution in [0.1, 0.15) is 24.7 Å². The Morgan fingerprint density at radius 3 is 2.00 bits per heavy atom. The molecule has 0 N–H and O–H groups in total. The first-order chi connectivity index (χ1) is 15.6. The fraction of sp³-hybridized carbons (Fsp3) is 0.300. The maximum atomic E-state index is 14.0. The number of hydrogen-bond donors (Lipinski definition) is 0. The average molecular weight is 489 g/mol. The first-order valence-electron chi connectivity index (χ1n) is 9.64. The van der Waals surface area contributed by atoms with Crippen LogP contribution in [0.4, 0.5) is 22.0 Å². The smallest absolute Gasteiger partial charge is 0.249 e. The summed E-state index contributed by atoms with van der Waals surface area (Å²) in [4.78, 5) is -1.86. The van der Waals surface area contributed by atoms with Gasteiger partial charge in [-0.3, -0.25) is 0 Å². The number of methoxy groups -OCH3 is 1. The molecule has 176 valence electrons. The molecular weight excluding hydrogens is 473 g/mol. The second-order valence-electron chi connectivity index (χ2n) is 7.25. The van der Waals surface area contributed by atoms with E-state index in [9.17, 15) is 30.4 Å². The van der Waals surface area contributed by atoms with E-state index in [4.69, 9.17) is 9.15 Å². The molecule has 7 nitrogen and oxygen atoms in total. The Balaban J connectivity index is 1.51. The highest BCUT2D eigenvalue weighted by atomic mass is 32.2. The largest absolute Gasteiger partial charge is 0.497 e. The van der Waals surface area contributed by atoms with Gasteiger partial charge in [-0.05, 0) is 37.1 Å². The van der Waals surface area contributed by atoms with Crippen LogP contribution in [0.3, 0.4) is 0 Å². The van der Waals surface area contributed by atoms with E-state index >= 15 is 0 Å². The standard InChI is InChI=1S/C20H16F5N3O4S/c1-31-12-4-2-10(3-5-12)19-26-27-20(32-19)11-6-8-28(9-7-11)33(29,30)18-16(24)14(22)13(21)15(23)17(18)25/h2-5,11H,6-9H2,1H3. The quantitative estimate of drug-likeness (QED) is 0.306. The van der Waals surface area contributed by atoms with Crippen molar-refractivity contribution in [1.82, 2.24) is 14.5 Å². The molecule has 2 aromatic carbocycles. The minimum atomic E-state index is -4.98. The number of sulfonamides is 1. The van der Waals surface area contributed by atoms with E-state index in [0.29, 0.717) is 15.6 Å². The van der Waals surface area contributed by atoms with Crippen LogP contribution in [0.2, 0.25) is 0 Å². The third-order valence-electron chi connectivity index (χ3n) is 5.35. The lowest BCUT2D eigenvalue weighted by atomic mass is 9.98. The number of piperidine rings is 1. The van der Waals surface area contributed by atoms with Crippen molar-refractivity contribution in [3.05, 3.63) is 59.2 Å². The molecule has 1 aliphatic rings. The molecule has 0 spiro atoms. The monoisotopic (exact) mass is 489 g/mol. The molecule has 4 rings (SSSR count). The Morgan fingerprint density at radius 1 is 0.909 bits per heavy atom. The molecule has 0 radical (unpaired) electrons. The highest BCUT2D eigenvalue weighted by Gasteiger charge is 2.39. The van der Waals surface area contributed by atoms with Crippen LogP contribution < -0.4 is 4.74 Å². The Bertz CT molecular complexity index is 1260. The minimum absolute atomic E-state index is 0.138. The summed E-state index contributed by atoms with van der Waals surface area (Å²) < 4.78 is 105. The third kappa shape index (κ3) is 4.06. The van der Waals surface area contributed by atoms with Gasteiger partial charge in [0.25, 0.3) is 0 Å². The van der Waals surface area contributed by atoms with Gasteiger partial charge in [0.05, 0.1) is 7.11 Å². The topological polar surface area (TPSA) is 85.5 Å². The number of rotatable bonds is 5. The number of halogens is 5. The zero-order valence-corrected chi connectivity index (χ0v) is 17.8. The summed E-state index contributed by atoms with van der Waals surface area (Å²) in [5.74, 6) is -11.1. The molecule has 0 aliphatic carbocycles. The molecule has 1 saturated heterocycles. The van der Waals surface area contributed by atoms with Gasteiger partial charge in [0.2, 0.25) is 27.6 Å². The maximum absolute atomic E-state index is 14.0. The molecule has 0 bridgehead atoms. The van der Waals surface area contributed by atoms with Crippen molar-refractivity contribution < 1.29 is 39.5 Å². The molecular formula is C20H16F5N3O4S. The van der Waals surface area contributed by atoms with Crippen molar-refractivity contribution in [2.45, 2.75) is 23.7 Å². The van der Waals surface area contributed by atoms with E-state index in [-0.39, 0.29) is 43.6 Å². The lowest BCUT2D eigenvalue weighted by Gasteiger charge is -2.29. The highest BCUT2D eigenvalue weighted by molar-refractivity contribution is 7.89. The van der Waals surface area contributed by atoms with E-state index in [1.165, 1.54) is 7.11 Å². The molecule has 1 fully saturated rings. The van der Waals surface area contributed by atoms with Gasteiger partial charge in [0, 0.05) is 24.6 Å². The first kappa shape index (κ1) is 23.1. The number of ether oxygens (including phenoxy) is 1. The lowest BCUT2D eigenvalue weighted by molar-refractivity contribution is 0.287. The summed E-state index contributed by atoms with van der Waals surface area (Å²) in [6.45, 7) is -0.487. The molecule has 2 heterocycles. The molecule has 1 aliphatic heterocycles. The van der Waals surface area contributed by atoms with Gasteiger partial charge >= 0.3 is 0 Å². The van der Waals surface area contributed by atoms with Crippen molar-refractivity contribution in [3.8, 4) is 17.2 Å². The van der Waals surface area contributed by atoms with Crippen LogP contribution in [0.5, 0.6) is 5.75 Å². The number of nitrogens with zero attached hydrogens (tertiary/aromatic N) is 3. The third-order valence-corrected chi connectivity index (χ3v) is 7.27. The van der Waals surface area contributed by atoms with Crippen LogP contribution in [-0.2, 0) is 10.0 Å². The molecule has 0 atom stereocenters. The molecule has 33 heavy (non-hydrogen) atoms. The van der Waals surface area contributed by atoms with Crippen molar-refractivity contribution in [1.29, 1.82) is 0 Å². The Kier molecular flexibility index (Phi) is 6.10. The van der Waals surface area contributed by atoms with E-state index in [1.807, 2.05) is 0 Å². The van der Waals surface area contributed by atoms with E-state index in [2.05, 4.69) is 10.2 Å². The zero-order chi connectivity index (χ0) is 23.9. The summed E-state index contributed by atoms with van der Waals surface area (Å²) in [6.07, 6.45) is 0.276. The second-order valence-corrected chi connectivity index (χ2v) is 9.13. The van der Waals surface area contributed by atoms with Gasteiger partial charge in [0.15, 0.2) is 28.2 Å². The lowest BCUT2D eigenvalue weighted by Crippen LogP contribution is -2.39. The molecule has 0 amide bonds. The predicted molar refractivity (Wildman–Crippen MR) is 103 cm³/mol. The number of aromatic nitrogens is 2. The van der Waals surface area contributed by atoms with Crippen molar-refractivity contribution >= 4 is 10.0 Å². The van der Waals surface area contributed by atoms with E-state index < -0.39 is 44.0 Å². The van der Waals surface area contributed by atoms with Crippen LogP contribution in [0.15, 0.2) is 33.6 Å². The second kappa shape index (κ2) is 8.71. The molecule has 13 heteroatoms. The van der Waals surface area contributed by atoms with Gasteiger partial charge in [-0.25, -0.2) is 30.4 Å². The van der Waals surface area contributed by atoms with Gasteiger partial charge in [-0.1, -0.05) is 0 Å². The normalized spacial score (nSPS) is 15.7. The summed E-state index contributed by atoms with van der Waals surface area (Å²) in [6, 6.07) is 6.86. The van der Waals surface area contributed by atoms with Gasteiger partial charge in [-0.15, -0.1) is 10.2 Å². The average Bonchev–Trinajstić information content (AvgIpc) is 3.32. The molecule has 3 aromatic rings. The van der Waals surface area contributed by atoms with Crippen molar-refractivity contribution in [2.24, 2.45) is 0 Å². The van der Waals surface area contributed by atoms with E-state index in [0.717, 1.165) is 0 Å². The summed E-state index contributed by atoms with van der Waals surface area (Å²) in [7, 11) is -3.45. The zero-order valence-electron chi connectivity index (χ0n) is 17.0. The minimum Gasteiger partial charge on any atom is -0.497 e. The van der Waals surface area contributed by atoms with Gasteiger partial charge in [0.1, 0.15) is 5.75 Å². The number of benzene rings is 2. The summed E-state index contributed by atoms with van der Waals surface area (Å²) in [5, 5.41) is 7.96. The van der Waals surface area contributed by atoms with Crippen molar-refractivity contribution in [3.63, 3.8) is 0 Å². The Labute approximate surface area is 184 Å². The fourth-order valence-corrected chi connectivity index (χ4v) is 5.12. The Morgan fingerprint density at radius 2 is 1.45 bits per heavy atom. The van der Waals surface area contributed by atoms with E-state index in [1.54, 1.807) is 24.3 Å². The van der Waals surface area contributed by atoms with Crippen LogP contribution in [0, 0.1) is 29.1 Å². The maximum Gasteiger partial charge on any atom is 0.249 e. The Hall–Kier alpha value is -3.06. The highest BCUT2D eigenvalue weighted by Crippen LogP contribution is 2.34. The molecule has 0 saturated carbocycles. The fourth-order valence-electron chi connectivity index (χ4n) is 3.53. The van der Waals surface area contributed by atoms with Crippen LogP contribution >= 0.6 is 0 Å². The SMILES string of the molecule is COc1ccc(-c2nnc(C3CCN(S(=O)(=O)c4c(F)c(F)c(F)c(F)c4F)CC3)o2)cc1. The molecule has 0 unspecified atom stereocenters. The van der Waals surface area contributed by atoms with Gasteiger partial charge in [-0.2, -0.15) is 4.31 Å². The molecule has 1 aromatic heterocycles. The summed E-state index contributed by atoms with van der Waals surface area (Å²) in [5.41, 5.74) is 0.640. The van der Waals surface area contributed by atoms with Crippen molar-refractivity contribution in [2.75, 3.05) is 20.2 Å². The first-order valence-corrected chi connectivity index (χ1v) is 11.1. The summed E-state index contributed by atoms with van der Waals surface area (Å²) >= 11 is 0. The predicted octanol–water partition coefficient (Wildman–Crippen LogP) is 4.01. The van der Waals surface area contributed by atoms with Crippen LogP contribution in [-0.4, -0.2) is 43.1 Å².